The molecule has 4 aromatic rings. The van der Waals surface area contributed by atoms with Crippen LogP contribution in [0.15, 0.2) is 57.7 Å². The second-order valence-electron chi connectivity index (χ2n) is 4.68. The summed E-state index contributed by atoms with van der Waals surface area (Å²) in [7, 11) is 1.92. The summed E-state index contributed by atoms with van der Waals surface area (Å²) in [5.74, 6) is 0. The van der Waals surface area contributed by atoms with E-state index in [0.29, 0.717) is 11.1 Å². The Labute approximate surface area is 108 Å². The van der Waals surface area contributed by atoms with Crippen LogP contribution in [0.2, 0.25) is 0 Å². The number of nitrogens with zero attached hydrogens (tertiary/aromatic N) is 1. The second kappa shape index (κ2) is 3.48. The first kappa shape index (κ1) is 10.4. The third-order valence-electron chi connectivity index (χ3n) is 3.62. The molecule has 0 bridgehead atoms. The highest BCUT2D eigenvalue weighted by Crippen LogP contribution is 2.28. The zero-order valence-electron chi connectivity index (χ0n) is 10.4. The van der Waals surface area contributed by atoms with Crippen molar-refractivity contribution in [2.75, 3.05) is 0 Å². The van der Waals surface area contributed by atoms with Crippen molar-refractivity contribution in [3.63, 3.8) is 0 Å². The Morgan fingerprint density at radius 2 is 1.63 bits per heavy atom. The molecule has 92 valence electrons. The van der Waals surface area contributed by atoms with E-state index in [2.05, 4.69) is 0 Å². The molecular weight excluding hydrogens is 238 g/mol. The first-order chi connectivity index (χ1) is 9.27. The molecule has 0 aliphatic heterocycles. The van der Waals surface area contributed by atoms with E-state index in [1.807, 2.05) is 60.1 Å². The molecule has 0 N–H and O–H groups in total. The fourth-order valence-electron chi connectivity index (χ4n) is 2.69. The van der Waals surface area contributed by atoms with E-state index in [-0.39, 0.29) is 5.43 Å². The third kappa shape index (κ3) is 1.24. The van der Waals surface area contributed by atoms with Crippen LogP contribution in [-0.2, 0) is 7.05 Å². The quantitative estimate of drug-likeness (QED) is 0.478. The first-order valence-corrected chi connectivity index (χ1v) is 6.16. The van der Waals surface area contributed by atoms with Crippen LogP contribution >= 0.6 is 0 Å². The molecule has 0 amide bonds. The lowest BCUT2D eigenvalue weighted by atomic mass is 10.1. The van der Waals surface area contributed by atoms with Crippen molar-refractivity contribution in [2.24, 2.45) is 7.05 Å². The van der Waals surface area contributed by atoms with Gasteiger partial charge < -0.3 is 8.98 Å². The highest BCUT2D eigenvalue weighted by molar-refractivity contribution is 6.07. The number of hydrogen-bond donors (Lipinski definition) is 0. The van der Waals surface area contributed by atoms with Crippen LogP contribution in [0.4, 0.5) is 0 Å². The van der Waals surface area contributed by atoms with E-state index >= 15 is 0 Å². The number of hydrogen-bond acceptors (Lipinski definition) is 2. The lowest BCUT2D eigenvalue weighted by Gasteiger charge is -2.05. The Bertz CT molecular complexity index is 992. The number of para-hydroxylation sites is 2. The number of benzene rings is 2. The predicted octanol–water partition coefficient (Wildman–Crippen LogP) is 3.44. The molecule has 3 heteroatoms. The highest BCUT2D eigenvalue weighted by atomic mass is 16.3. The van der Waals surface area contributed by atoms with E-state index in [9.17, 15) is 4.79 Å². The van der Waals surface area contributed by atoms with Crippen molar-refractivity contribution in [3.8, 4) is 0 Å². The first-order valence-electron chi connectivity index (χ1n) is 6.16. The minimum atomic E-state index is 0.0358. The Balaban J connectivity index is 2.44. The van der Waals surface area contributed by atoms with Crippen molar-refractivity contribution >= 4 is 33.0 Å². The van der Waals surface area contributed by atoms with Crippen molar-refractivity contribution in [1.29, 1.82) is 0 Å². The van der Waals surface area contributed by atoms with Gasteiger partial charge in [0, 0.05) is 17.8 Å². The fraction of sp³-hybridized carbons (Fsp3) is 0.0625. The van der Waals surface area contributed by atoms with Gasteiger partial charge in [-0.15, -0.1) is 0 Å². The minimum Gasteiger partial charge on any atom is -0.439 e. The Hall–Kier alpha value is -2.55. The molecule has 0 radical (unpaired) electrons. The van der Waals surface area contributed by atoms with Gasteiger partial charge in [0.25, 0.3) is 0 Å². The molecule has 0 spiro atoms. The van der Waals surface area contributed by atoms with Crippen LogP contribution < -0.4 is 5.43 Å². The van der Waals surface area contributed by atoms with Gasteiger partial charge in [-0.05, 0) is 18.2 Å². The Morgan fingerprint density at radius 3 is 2.47 bits per heavy atom. The standard InChI is InChI=1S/C16H11NO2/c1-17-12-8-4-2-6-10(12)15(18)14-11-7-3-5-9-13(11)19-16(14)17/h2-9H,1H3. The van der Waals surface area contributed by atoms with Crippen LogP contribution in [0.5, 0.6) is 0 Å². The third-order valence-corrected chi connectivity index (χ3v) is 3.62. The predicted molar refractivity (Wildman–Crippen MR) is 76.5 cm³/mol. The summed E-state index contributed by atoms with van der Waals surface area (Å²) in [6.07, 6.45) is 0. The van der Waals surface area contributed by atoms with Crippen molar-refractivity contribution in [2.45, 2.75) is 0 Å². The Kier molecular flexibility index (Phi) is 1.90. The van der Waals surface area contributed by atoms with Crippen molar-refractivity contribution in [3.05, 3.63) is 58.8 Å². The molecule has 0 unspecified atom stereocenters. The van der Waals surface area contributed by atoms with E-state index in [0.717, 1.165) is 21.9 Å². The van der Waals surface area contributed by atoms with E-state index in [1.165, 1.54) is 0 Å². The zero-order chi connectivity index (χ0) is 13.0. The van der Waals surface area contributed by atoms with Crippen molar-refractivity contribution < 1.29 is 4.42 Å². The van der Waals surface area contributed by atoms with Gasteiger partial charge in [0.2, 0.25) is 11.1 Å². The molecule has 0 aliphatic rings. The summed E-state index contributed by atoms with van der Waals surface area (Å²) in [4.78, 5) is 12.6. The number of rotatable bonds is 0. The second-order valence-corrected chi connectivity index (χ2v) is 4.68. The van der Waals surface area contributed by atoms with Gasteiger partial charge in [-0.3, -0.25) is 4.79 Å². The number of aryl methyl sites for hydroxylation is 1. The van der Waals surface area contributed by atoms with Gasteiger partial charge in [0.05, 0.1) is 10.9 Å². The summed E-state index contributed by atoms with van der Waals surface area (Å²) >= 11 is 0. The monoisotopic (exact) mass is 249 g/mol. The lowest BCUT2D eigenvalue weighted by Crippen LogP contribution is -2.07. The molecule has 0 fully saturated rings. The summed E-state index contributed by atoms with van der Waals surface area (Å²) < 4.78 is 7.77. The topological polar surface area (TPSA) is 35.1 Å². The smallest absolute Gasteiger partial charge is 0.212 e. The van der Waals surface area contributed by atoms with Gasteiger partial charge in [-0.25, -0.2) is 0 Å². The molecule has 0 saturated heterocycles. The van der Waals surface area contributed by atoms with Gasteiger partial charge in [-0.2, -0.15) is 0 Å². The molecule has 0 atom stereocenters. The minimum absolute atomic E-state index is 0.0358. The van der Waals surface area contributed by atoms with Crippen molar-refractivity contribution in [1.82, 2.24) is 4.57 Å². The molecule has 2 aromatic heterocycles. The maximum absolute atomic E-state index is 12.6. The fourth-order valence-corrected chi connectivity index (χ4v) is 2.69. The average molecular weight is 249 g/mol. The summed E-state index contributed by atoms with van der Waals surface area (Å²) in [6.45, 7) is 0. The highest BCUT2D eigenvalue weighted by Gasteiger charge is 2.15. The van der Waals surface area contributed by atoms with Crippen LogP contribution in [-0.4, -0.2) is 4.57 Å². The van der Waals surface area contributed by atoms with E-state index in [4.69, 9.17) is 4.42 Å². The molecule has 2 heterocycles. The average Bonchev–Trinajstić information content (AvgIpc) is 2.84. The molecule has 0 saturated carbocycles. The van der Waals surface area contributed by atoms with E-state index < -0.39 is 0 Å². The number of pyridine rings is 1. The maximum Gasteiger partial charge on any atom is 0.212 e. The summed E-state index contributed by atoms with van der Waals surface area (Å²) in [5, 5.41) is 2.27. The normalized spacial score (nSPS) is 11.6. The van der Waals surface area contributed by atoms with Gasteiger partial charge in [0.15, 0.2) is 0 Å². The SMILES string of the molecule is Cn1c2ccccc2c(=O)c2c3ccccc3oc21. The van der Waals surface area contributed by atoms with E-state index in [1.54, 1.807) is 0 Å². The number of furan rings is 1. The van der Waals surface area contributed by atoms with Gasteiger partial charge in [-0.1, -0.05) is 30.3 Å². The molecule has 3 nitrogen and oxygen atoms in total. The van der Waals surface area contributed by atoms with Gasteiger partial charge in [0.1, 0.15) is 5.58 Å². The number of fused-ring (bicyclic) bond motifs is 4. The zero-order valence-corrected chi connectivity index (χ0v) is 10.4. The summed E-state index contributed by atoms with van der Waals surface area (Å²) in [5.41, 5.74) is 2.30. The number of aromatic nitrogens is 1. The molecular formula is C16H11NO2. The molecule has 2 aromatic carbocycles. The molecule has 0 aliphatic carbocycles. The van der Waals surface area contributed by atoms with Crippen LogP contribution in [0.1, 0.15) is 0 Å². The molecule has 4 rings (SSSR count). The summed E-state index contributed by atoms with van der Waals surface area (Å²) in [6, 6.07) is 15.3. The van der Waals surface area contributed by atoms with Crippen LogP contribution in [0.25, 0.3) is 33.0 Å². The van der Waals surface area contributed by atoms with Crippen LogP contribution in [0.3, 0.4) is 0 Å². The largest absolute Gasteiger partial charge is 0.439 e. The lowest BCUT2D eigenvalue weighted by molar-refractivity contribution is 0.632. The maximum atomic E-state index is 12.6. The van der Waals surface area contributed by atoms with Crippen LogP contribution in [0, 0.1) is 0 Å². The molecule has 19 heavy (non-hydrogen) atoms. The van der Waals surface area contributed by atoms with Gasteiger partial charge >= 0.3 is 0 Å². The Morgan fingerprint density at radius 1 is 0.947 bits per heavy atom.